The lowest BCUT2D eigenvalue weighted by molar-refractivity contribution is 0.628. The van der Waals surface area contributed by atoms with Crippen LogP contribution in [0.15, 0.2) is 54.7 Å². The van der Waals surface area contributed by atoms with Gasteiger partial charge in [-0.25, -0.2) is 9.37 Å². The molecule has 140 valence electrons. The van der Waals surface area contributed by atoms with Gasteiger partial charge in [-0.3, -0.25) is 0 Å². The highest BCUT2D eigenvalue weighted by Gasteiger charge is 2.07. The van der Waals surface area contributed by atoms with E-state index in [2.05, 4.69) is 64.5 Å². The maximum atomic E-state index is 13.0. The van der Waals surface area contributed by atoms with Crippen LogP contribution in [0.2, 0.25) is 0 Å². The highest BCUT2D eigenvalue weighted by Crippen LogP contribution is 2.25. The molecule has 0 amide bonds. The van der Waals surface area contributed by atoms with Crippen LogP contribution in [0.5, 0.6) is 0 Å². The van der Waals surface area contributed by atoms with E-state index < -0.39 is 0 Å². The maximum Gasteiger partial charge on any atom is 0.229 e. The molecule has 5 nitrogen and oxygen atoms in total. The molecule has 0 radical (unpaired) electrons. The Morgan fingerprint density at radius 3 is 2.37 bits per heavy atom. The molecule has 0 saturated heterocycles. The molecule has 0 spiro atoms. The van der Waals surface area contributed by atoms with E-state index >= 15 is 0 Å². The van der Waals surface area contributed by atoms with E-state index in [1.54, 1.807) is 18.3 Å². The van der Waals surface area contributed by atoms with Crippen molar-refractivity contribution in [3.05, 3.63) is 66.1 Å². The third kappa shape index (κ3) is 4.73. The second-order valence-electron chi connectivity index (χ2n) is 6.19. The molecule has 6 heteroatoms. The average molecular weight is 365 g/mol. The van der Waals surface area contributed by atoms with Crippen LogP contribution in [0.25, 0.3) is 0 Å². The number of hydrogen-bond acceptors (Lipinski definition) is 5. The Balaban J connectivity index is 1.75. The normalized spacial score (nSPS) is 10.5. The molecule has 3 aromatic rings. The van der Waals surface area contributed by atoms with Crippen molar-refractivity contribution >= 4 is 28.8 Å². The van der Waals surface area contributed by atoms with E-state index in [1.807, 2.05) is 6.07 Å². The van der Waals surface area contributed by atoms with Crippen LogP contribution < -0.4 is 15.5 Å². The van der Waals surface area contributed by atoms with Crippen molar-refractivity contribution in [3.8, 4) is 0 Å². The lowest BCUT2D eigenvalue weighted by Crippen LogP contribution is -2.21. The quantitative estimate of drug-likeness (QED) is 0.598. The molecule has 0 atom stereocenters. The van der Waals surface area contributed by atoms with Crippen molar-refractivity contribution < 1.29 is 4.39 Å². The van der Waals surface area contributed by atoms with Crippen molar-refractivity contribution in [2.45, 2.75) is 20.8 Å². The van der Waals surface area contributed by atoms with Gasteiger partial charge in [-0.05, 0) is 74.9 Å². The zero-order valence-electron chi connectivity index (χ0n) is 15.8. The highest BCUT2D eigenvalue weighted by molar-refractivity contribution is 5.66. The topological polar surface area (TPSA) is 53.1 Å². The second-order valence-corrected chi connectivity index (χ2v) is 6.19. The van der Waals surface area contributed by atoms with Gasteiger partial charge in [0.05, 0.1) is 0 Å². The van der Waals surface area contributed by atoms with Gasteiger partial charge in [-0.1, -0.05) is 0 Å². The zero-order valence-corrected chi connectivity index (χ0v) is 15.8. The summed E-state index contributed by atoms with van der Waals surface area (Å²) in [6, 6.07) is 14.3. The van der Waals surface area contributed by atoms with Crippen LogP contribution in [0, 0.1) is 12.7 Å². The van der Waals surface area contributed by atoms with Gasteiger partial charge in [0, 0.05) is 36.3 Å². The van der Waals surface area contributed by atoms with Crippen LogP contribution in [0.4, 0.5) is 33.2 Å². The molecule has 27 heavy (non-hydrogen) atoms. The summed E-state index contributed by atoms with van der Waals surface area (Å²) in [5.41, 5.74) is 4.08. The van der Waals surface area contributed by atoms with Crippen molar-refractivity contribution in [1.82, 2.24) is 9.97 Å². The minimum absolute atomic E-state index is 0.277. The van der Waals surface area contributed by atoms with Crippen LogP contribution in [-0.2, 0) is 0 Å². The summed E-state index contributed by atoms with van der Waals surface area (Å²) in [4.78, 5) is 11.0. The third-order valence-electron chi connectivity index (χ3n) is 4.36. The zero-order chi connectivity index (χ0) is 19.2. The number of nitrogens with zero attached hydrogens (tertiary/aromatic N) is 3. The van der Waals surface area contributed by atoms with Crippen molar-refractivity contribution in [1.29, 1.82) is 0 Å². The van der Waals surface area contributed by atoms with Gasteiger partial charge in [0.15, 0.2) is 0 Å². The molecule has 0 bridgehead atoms. The van der Waals surface area contributed by atoms with E-state index in [4.69, 9.17) is 0 Å². The Hall–Kier alpha value is -3.15. The fraction of sp³-hybridized carbons (Fsp3) is 0.238. The van der Waals surface area contributed by atoms with Gasteiger partial charge >= 0.3 is 0 Å². The van der Waals surface area contributed by atoms with Crippen LogP contribution in [0.3, 0.4) is 0 Å². The van der Waals surface area contributed by atoms with Crippen molar-refractivity contribution in [3.63, 3.8) is 0 Å². The lowest BCUT2D eigenvalue weighted by Gasteiger charge is -2.22. The molecule has 0 aliphatic rings. The average Bonchev–Trinajstić information content (AvgIpc) is 2.67. The van der Waals surface area contributed by atoms with E-state index in [-0.39, 0.29) is 5.82 Å². The van der Waals surface area contributed by atoms with Crippen LogP contribution in [0.1, 0.15) is 19.4 Å². The molecule has 1 aromatic heterocycles. The standard InChI is InChI=1S/C21H24FN5/c1-4-27(5-2)18-10-11-19(15(3)14-18)25-20-12-13-23-21(26-20)24-17-8-6-16(22)7-9-17/h6-14H,4-5H2,1-3H3,(H2,23,24,25,26). The first-order valence-electron chi connectivity index (χ1n) is 9.07. The Kier molecular flexibility index (Phi) is 5.86. The summed E-state index contributed by atoms with van der Waals surface area (Å²) in [5, 5.41) is 6.42. The van der Waals surface area contributed by atoms with Gasteiger partial charge in [-0.2, -0.15) is 4.98 Å². The third-order valence-corrected chi connectivity index (χ3v) is 4.36. The fourth-order valence-electron chi connectivity index (χ4n) is 2.86. The van der Waals surface area contributed by atoms with E-state index in [0.717, 1.165) is 30.0 Å². The summed E-state index contributed by atoms with van der Waals surface area (Å²) >= 11 is 0. The summed E-state index contributed by atoms with van der Waals surface area (Å²) in [7, 11) is 0. The van der Waals surface area contributed by atoms with Crippen LogP contribution >= 0.6 is 0 Å². The molecule has 3 rings (SSSR count). The number of aryl methyl sites for hydroxylation is 1. The first-order valence-corrected chi connectivity index (χ1v) is 9.07. The first-order chi connectivity index (χ1) is 13.1. The summed E-state index contributed by atoms with van der Waals surface area (Å²) in [6.45, 7) is 8.34. The first kappa shape index (κ1) is 18.6. The number of benzene rings is 2. The van der Waals surface area contributed by atoms with Gasteiger partial charge in [0.2, 0.25) is 5.95 Å². The Bertz CT molecular complexity index is 891. The summed E-state index contributed by atoms with van der Waals surface area (Å²) in [6.07, 6.45) is 1.68. The predicted molar refractivity (Wildman–Crippen MR) is 110 cm³/mol. The molecule has 2 N–H and O–H groups in total. The van der Waals surface area contributed by atoms with Gasteiger partial charge in [0.25, 0.3) is 0 Å². The molecular weight excluding hydrogens is 341 g/mol. The van der Waals surface area contributed by atoms with Gasteiger partial charge < -0.3 is 15.5 Å². The number of aromatic nitrogens is 2. The molecule has 0 aliphatic carbocycles. The smallest absolute Gasteiger partial charge is 0.229 e. The minimum atomic E-state index is -0.277. The molecule has 0 unspecified atom stereocenters. The summed E-state index contributed by atoms with van der Waals surface area (Å²) in [5.74, 6) is 0.859. The largest absolute Gasteiger partial charge is 0.372 e. The molecule has 0 aliphatic heterocycles. The van der Waals surface area contributed by atoms with Crippen LogP contribution in [-0.4, -0.2) is 23.1 Å². The van der Waals surface area contributed by atoms with Gasteiger partial charge in [-0.15, -0.1) is 0 Å². The Morgan fingerprint density at radius 1 is 0.963 bits per heavy atom. The maximum absolute atomic E-state index is 13.0. The van der Waals surface area contributed by atoms with Crippen molar-refractivity contribution in [2.24, 2.45) is 0 Å². The second kappa shape index (κ2) is 8.49. The number of nitrogens with one attached hydrogen (secondary N) is 2. The Labute approximate surface area is 159 Å². The lowest BCUT2D eigenvalue weighted by atomic mass is 10.1. The molecule has 0 fully saturated rings. The minimum Gasteiger partial charge on any atom is -0.372 e. The van der Waals surface area contributed by atoms with Crippen molar-refractivity contribution in [2.75, 3.05) is 28.6 Å². The molecule has 1 heterocycles. The van der Waals surface area contributed by atoms with E-state index in [0.29, 0.717) is 11.8 Å². The van der Waals surface area contributed by atoms with E-state index in [1.165, 1.54) is 17.8 Å². The Morgan fingerprint density at radius 2 is 1.70 bits per heavy atom. The monoisotopic (exact) mass is 365 g/mol. The number of halogens is 1. The predicted octanol–water partition coefficient (Wildman–Crippen LogP) is 5.26. The van der Waals surface area contributed by atoms with Gasteiger partial charge in [0.1, 0.15) is 11.6 Å². The SMILES string of the molecule is CCN(CC)c1ccc(Nc2ccnc(Nc3ccc(F)cc3)n2)c(C)c1. The molecule has 2 aromatic carbocycles. The molecular formula is C21H24FN5. The van der Waals surface area contributed by atoms with E-state index in [9.17, 15) is 4.39 Å². The summed E-state index contributed by atoms with van der Waals surface area (Å²) < 4.78 is 13.0. The number of rotatable bonds is 7. The fourth-order valence-corrected chi connectivity index (χ4v) is 2.86. The number of anilines is 5. The molecule has 0 saturated carbocycles. The number of hydrogen-bond donors (Lipinski definition) is 2. The highest BCUT2D eigenvalue weighted by atomic mass is 19.1.